The molecule has 2 atom stereocenters. The summed E-state index contributed by atoms with van der Waals surface area (Å²) in [5.41, 5.74) is 6.12. The van der Waals surface area contributed by atoms with Crippen LogP contribution in [0.1, 0.15) is 13.8 Å². The Labute approximate surface area is 125 Å². The molecule has 0 bridgehead atoms. The maximum Gasteiger partial charge on any atom is 0.246 e. The molecule has 1 heterocycles. The Balaban J connectivity index is 2.47. The van der Waals surface area contributed by atoms with E-state index >= 15 is 0 Å². The highest BCUT2D eigenvalue weighted by Crippen LogP contribution is 2.37. The summed E-state index contributed by atoms with van der Waals surface area (Å²) in [7, 11) is -0.717. The second kappa shape index (κ2) is 5.73. The van der Waals surface area contributed by atoms with Crippen LogP contribution in [0.2, 0.25) is 0 Å². The van der Waals surface area contributed by atoms with E-state index in [1.165, 1.54) is 30.7 Å². The molecule has 0 spiro atoms. The first-order valence-corrected chi connectivity index (χ1v) is 8.27. The maximum absolute atomic E-state index is 12.8. The quantitative estimate of drug-likeness (QED) is 0.853. The molecule has 7 heteroatoms. The number of hydrogen-bond donors (Lipinski definition) is 1. The molecule has 0 saturated carbocycles. The van der Waals surface area contributed by atoms with E-state index in [0.717, 1.165) is 0 Å². The fraction of sp³-hybridized carbons (Fsp3) is 0.571. The van der Waals surface area contributed by atoms with Crippen LogP contribution < -0.4 is 15.2 Å². The van der Waals surface area contributed by atoms with Gasteiger partial charge in [0.2, 0.25) is 10.0 Å². The van der Waals surface area contributed by atoms with E-state index in [2.05, 4.69) is 13.8 Å². The van der Waals surface area contributed by atoms with Crippen LogP contribution in [0.15, 0.2) is 17.0 Å². The minimum absolute atomic E-state index is 0.0876. The van der Waals surface area contributed by atoms with Gasteiger partial charge < -0.3 is 15.2 Å². The van der Waals surface area contributed by atoms with Crippen molar-refractivity contribution >= 4 is 15.7 Å². The molecule has 6 nitrogen and oxygen atoms in total. The van der Waals surface area contributed by atoms with Crippen molar-refractivity contribution in [3.05, 3.63) is 12.1 Å². The third-order valence-corrected chi connectivity index (χ3v) is 5.94. The van der Waals surface area contributed by atoms with Gasteiger partial charge in [0.1, 0.15) is 16.4 Å². The van der Waals surface area contributed by atoms with Gasteiger partial charge in [-0.2, -0.15) is 4.31 Å². The van der Waals surface area contributed by atoms with Crippen LogP contribution in [-0.2, 0) is 10.0 Å². The van der Waals surface area contributed by atoms with Crippen molar-refractivity contribution in [1.82, 2.24) is 4.31 Å². The number of benzene rings is 1. The van der Waals surface area contributed by atoms with Gasteiger partial charge in [0.15, 0.2) is 0 Å². The molecule has 1 aromatic rings. The molecule has 21 heavy (non-hydrogen) atoms. The summed E-state index contributed by atoms with van der Waals surface area (Å²) in [6.45, 7) is 5.14. The van der Waals surface area contributed by atoms with Crippen molar-refractivity contribution in [2.24, 2.45) is 11.8 Å². The molecule has 0 amide bonds. The highest BCUT2D eigenvalue weighted by molar-refractivity contribution is 7.89. The van der Waals surface area contributed by atoms with Crippen LogP contribution in [0.4, 0.5) is 5.69 Å². The molecule has 0 aliphatic carbocycles. The second-order valence-electron chi connectivity index (χ2n) is 5.52. The molecule has 2 N–H and O–H groups in total. The fourth-order valence-electron chi connectivity index (χ4n) is 2.51. The summed E-state index contributed by atoms with van der Waals surface area (Å²) in [6, 6.07) is 2.91. The molecule has 0 aromatic heterocycles. The molecular weight excluding hydrogens is 292 g/mol. The minimum Gasteiger partial charge on any atom is -0.495 e. The van der Waals surface area contributed by atoms with Crippen molar-refractivity contribution < 1.29 is 17.9 Å². The average Bonchev–Trinajstić information content (AvgIpc) is 2.79. The number of methoxy groups -OCH3 is 2. The van der Waals surface area contributed by atoms with Gasteiger partial charge in [0.05, 0.1) is 19.9 Å². The maximum atomic E-state index is 12.8. The highest BCUT2D eigenvalue weighted by atomic mass is 32.2. The molecule has 1 saturated heterocycles. The van der Waals surface area contributed by atoms with E-state index in [4.69, 9.17) is 15.2 Å². The van der Waals surface area contributed by atoms with Crippen molar-refractivity contribution in [2.45, 2.75) is 18.7 Å². The second-order valence-corrected chi connectivity index (χ2v) is 7.43. The minimum atomic E-state index is -3.62. The Morgan fingerprint density at radius 1 is 1.10 bits per heavy atom. The third-order valence-electron chi connectivity index (χ3n) is 4.09. The largest absolute Gasteiger partial charge is 0.495 e. The molecule has 1 aliphatic heterocycles. The first-order valence-electron chi connectivity index (χ1n) is 6.83. The monoisotopic (exact) mass is 314 g/mol. The number of rotatable bonds is 4. The first kappa shape index (κ1) is 15.9. The molecule has 2 unspecified atom stereocenters. The van der Waals surface area contributed by atoms with Gasteiger partial charge in [0.25, 0.3) is 0 Å². The Morgan fingerprint density at radius 2 is 1.62 bits per heavy atom. The lowest BCUT2D eigenvalue weighted by Gasteiger charge is -2.19. The van der Waals surface area contributed by atoms with E-state index in [-0.39, 0.29) is 16.3 Å². The van der Waals surface area contributed by atoms with Gasteiger partial charge >= 0.3 is 0 Å². The van der Waals surface area contributed by atoms with Crippen molar-refractivity contribution in [2.75, 3.05) is 33.0 Å². The smallest absolute Gasteiger partial charge is 0.246 e. The van der Waals surface area contributed by atoms with Gasteiger partial charge in [-0.05, 0) is 17.9 Å². The van der Waals surface area contributed by atoms with E-state index in [9.17, 15) is 8.42 Å². The van der Waals surface area contributed by atoms with Crippen molar-refractivity contribution in [1.29, 1.82) is 0 Å². The van der Waals surface area contributed by atoms with Gasteiger partial charge in [-0.3, -0.25) is 0 Å². The van der Waals surface area contributed by atoms with Gasteiger partial charge in [-0.15, -0.1) is 0 Å². The van der Waals surface area contributed by atoms with E-state index < -0.39 is 10.0 Å². The van der Waals surface area contributed by atoms with Crippen molar-refractivity contribution in [3.63, 3.8) is 0 Å². The lowest BCUT2D eigenvalue weighted by molar-refractivity contribution is 0.384. The summed E-state index contributed by atoms with van der Waals surface area (Å²) < 4.78 is 37.4. The SMILES string of the molecule is COc1cc(OC)c(S(=O)(=O)N2CC(C)C(C)C2)cc1N. The molecular formula is C14H22N2O4S. The van der Waals surface area contributed by atoms with Crippen LogP contribution in [0, 0.1) is 11.8 Å². The molecule has 118 valence electrons. The summed E-state index contributed by atoms with van der Waals surface area (Å²) in [5.74, 6) is 1.31. The van der Waals surface area contributed by atoms with Gasteiger partial charge in [-0.25, -0.2) is 8.42 Å². The molecule has 0 radical (unpaired) electrons. The zero-order valence-electron chi connectivity index (χ0n) is 12.8. The Morgan fingerprint density at radius 3 is 2.10 bits per heavy atom. The molecule has 1 aliphatic rings. The standard InChI is InChI=1S/C14H22N2O4S/c1-9-7-16(8-10(9)2)21(17,18)14-5-11(15)12(19-3)6-13(14)20-4/h5-6,9-10H,7-8,15H2,1-4H3. The number of sulfonamides is 1. The Hall–Kier alpha value is -1.47. The van der Waals surface area contributed by atoms with E-state index in [1.807, 2.05) is 0 Å². The van der Waals surface area contributed by atoms with Crippen LogP contribution in [0.25, 0.3) is 0 Å². The number of hydrogen-bond acceptors (Lipinski definition) is 5. The average molecular weight is 314 g/mol. The lowest BCUT2D eigenvalue weighted by atomic mass is 10.0. The summed E-state index contributed by atoms with van der Waals surface area (Å²) in [4.78, 5) is 0.0876. The van der Waals surface area contributed by atoms with E-state index in [1.54, 1.807) is 0 Å². The number of nitrogen functional groups attached to an aromatic ring is 1. The summed E-state index contributed by atoms with van der Waals surface area (Å²) in [5, 5.41) is 0. The van der Waals surface area contributed by atoms with Gasteiger partial charge in [0, 0.05) is 19.2 Å². The highest BCUT2D eigenvalue weighted by Gasteiger charge is 2.36. The summed E-state index contributed by atoms with van der Waals surface area (Å²) >= 11 is 0. The van der Waals surface area contributed by atoms with Crippen LogP contribution >= 0.6 is 0 Å². The Bertz CT molecular complexity index is 620. The Kier molecular flexibility index (Phi) is 4.34. The number of ether oxygens (including phenoxy) is 2. The molecule has 2 rings (SSSR count). The number of nitrogens with two attached hydrogens (primary N) is 1. The van der Waals surface area contributed by atoms with Crippen LogP contribution in [0.5, 0.6) is 11.5 Å². The van der Waals surface area contributed by atoms with Gasteiger partial charge in [-0.1, -0.05) is 13.8 Å². The van der Waals surface area contributed by atoms with Crippen molar-refractivity contribution in [3.8, 4) is 11.5 Å². The van der Waals surface area contributed by atoms with E-state index in [0.29, 0.717) is 30.7 Å². The molecule has 1 aromatic carbocycles. The number of anilines is 1. The van der Waals surface area contributed by atoms with Crippen LogP contribution in [-0.4, -0.2) is 40.0 Å². The van der Waals surface area contributed by atoms with Crippen LogP contribution in [0.3, 0.4) is 0 Å². The lowest BCUT2D eigenvalue weighted by Crippen LogP contribution is -2.29. The zero-order valence-corrected chi connectivity index (χ0v) is 13.6. The predicted octanol–water partition coefficient (Wildman–Crippen LogP) is 1.56. The number of nitrogens with zero attached hydrogens (tertiary/aromatic N) is 1. The predicted molar refractivity (Wildman–Crippen MR) is 81.0 cm³/mol. The first-order chi connectivity index (χ1) is 9.81. The topological polar surface area (TPSA) is 81.9 Å². The molecule has 1 fully saturated rings. The summed E-state index contributed by atoms with van der Waals surface area (Å²) in [6.07, 6.45) is 0. The third kappa shape index (κ3) is 2.80. The fourth-order valence-corrected chi connectivity index (χ4v) is 4.32. The normalized spacial score (nSPS) is 23.2. The zero-order chi connectivity index (χ0) is 15.8.